The van der Waals surface area contributed by atoms with E-state index in [1.165, 1.54) is 30.7 Å². The van der Waals surface area contributed by atoms with Gasteiger partial charge in [-0.3, -0.25) is 4.90 Å². The summed E-state index contributed by atoms with van der Waals surface area (Å²) in [6.45, 7) is 8.92. The molecular weight excluding hydrogens is 428 g/mol. The van der Waals surface area contributed by atoms with Crippen LogP contribution >= 0.6 is 0 Å². The number of likely N-dealkylation sites (tertiary alicyclic amines) is 2. The molecule has 2 aliphatic carbocycles. The van der Waals surface area contributed by atoms with Crippen LogP contribution in [0.5, 0.6) is 0 Å². The number of hydrogen-bond acceptors (Lipinski definition) is 2. The molecular formula is C27H32F4N2. The highest BCUT2D eigenvalue weighted by Gasteiger charge is 2.61. The first-order valence-electron chi connectivity index (χ1n) is 11.9. The molecule has 4 atom stereocenters. The smallest absolute Gasteiger partial charge is 0.305 e. The molecule has 6 heteroatoms. The number of benzene rings is 2. The van der Waals surface area contributed by atoms with Crippen LogP contribution in [-0.2, 0) is 17.0 Å². The highest BCUT2D eigenvalue weighted by atomic mass is 19.4. The van der Waals surface area contributed by atoms with Crippen molar-refractivity contribution in [3.8, 4) is 0 Å². The molecule has 4 fully saturated rings. The molecule has 2 saturated carbocycles. The zero-order chi connectivity index (χ0) is 23.6. The molecule has 0 aromatic heterocycles. The summed E-state index contributed by atoms with van der Waals surface area (Å²) in [5.41, 5.74) is 2.36. The van der Waals surface area contributed by atoms with Crippen LogP contribution in [0.15, 0.2) is 48.5 Å². The van der Waals surface area contributed by atoms with Crippen LogP contribution < -0.4 is 0 Å². The second-order valence-electron chi connectivity index (χ2n) is 10.9. The van der Waals surface area contributed by atoms with E-state index in [9.17, 15) is 17.6 Å². The lowest BCUT2D eigenvalue weighted by atomic mass is 9.94. The van der Waals surface area contributed by atoms with Crippen molar-refractivity contribution in [2.24, 2.45) is 11.8 Å². The van der Waals surface area contributed by atoms with Crippen LogP contribution in [-0.4, -0.2) is 49.1 Å². The monoisotopic (exact) mass is 460 g/mol. The molecule has 178 valence electrons. The molecule has 0 N–H and O–H groups in total. The van der Waals surface area contributed by atoms with Gasteiger partial charge in [-0.1, -0.05) is 24.3 Å². The number of likely N-dealkylation sites (N-methyl/N-ethyl adjacent to an activating group) is 1. The molecule has 4 aliphatic rings. The van der Waals surface area contributed by atoms with Crippen molar-refractivity contribution in [1.29, 1.82) is 0 Å². The van der Waals surface area contributed by atoms with Gasteiger partial charge in [0.15, 0.2) is 0 Å². The van der Waals surface area contributed by atoms with E-state index in [1.807, 2.05) is 12.1 Å². The van der Waals surface area contributed by atoms with Crippen molar-refractivity contribution < 1.29 is 17.6 Å². The van der Waals surface area contributed by atoms with Gasteiger partial charge >= 0.3 is 6.18 Å². The van der Waals surface area contributed by atoms with Gasteiger partial charge in [-0.2, -0.15) is 13.2 Å². The Balaban J connectivity index is 0.000000139. The van der Waals surface area contributed by atoms with Crippen molar-refractivity contribution in [3.63, 3.8) is 0 Å². The van der Waals surface area contributed by atoms with Gasteiger partial charge in [0.1, 0.15) is 5.82 Å². The fraction of sp³-hybridized carbons (Fsp3) is 0.556. The van der Waals surface area contributed by atoms with Crippen molar-refractivity contribution in [2.75, 3.05) is 33.2 Å². The molecule has 2 aromatic carbocycles. The molecule has 4 unspecified atom stereocenters. The highest BCUT2D eigenvalue weighted by molar-refractivity contribution is 5.39. The molecule has 2 aromatic rings. The van der Waals surface area contributed by atoms with Gasteiger partial charge in [-0.25, -0.2) is 4.39 Å². The van der Waals surface area contributed by atoms with E-state index in [0.29, 0.717) is 17.4 Å². The molecule has 33 heavy (non-hydrogen) atoms. The summed E-state index contributed by atoms with van der Waals surface area (Å²) < 4.78 is 50.3. The van der Waals surface area contributed by atoms with Crippen LogP contribution in [0, 0.1) is 17.7 Å². The van der Waals surface area contributed by atoms with Crippen LogP contribution in [0.25, 0.3) is 0 Å². The van der Waals surface area contributed by atoms with E-state index in [4.69, 9.17) is 0 Å². The van der Waals surface area contributed by atoms with Crippen LogP contribution in [0.3, 0.4) is 0 Å². The summed E-state index contributed by atoms with van der Waals surface area (Å²) in [5.74, 6) is 1.32. The zero-order valence-electron chi connectivity index (χ0n) is 19.5. The predicted molar refractivity (Wildman–Crippen MR) is 122 cm³/mol. The first-order chi connectivity index (χ1) is 15.5. The number of nitrogens with zero attached hydrogens (tertiary/aromatic N) is 2. The number of fused-ring (bicyclic) bond motifs is 2. The van der Waals surface area contributed by atoms with Crippen molar-refractivity contribution in [1.82, 2.24) is 9.80 Å². The minimum Gasteiger partial charge on any atom is -0.305 e. The molecule has 0 spiro atoms. The number of halogens is 4. The summed E-state index contributed by atoms with van der Waals surface area (Å²) >= 11 is 0. The topological polar surface area (TPSA) is 6.48 Å². The molecule has 0 bridgehead atoms. The summed E-state index contributed by atoms with van der Waals surface area (Å²) in [4.78, 5) is 4.80. The Kier molecular flexibility index (Phi) is 5.41. The zero-order valence-corrected chi connectivity index (χ0v) is 19.5. The van der Waals surface area contributed by atoms with E-state index in [2.05, 4.69) is 30.7 Å². The van der Waals surface area contributed by atoms with Crippen molar-refractivity contribution in [3.05, 3.63) is 71.0 Å². The maximum atomic E-state index is 12.9. The van der Waals surface area contributed by atoms with Crippen LogP contribution in [0.2, 0.25) is 0 Å². The van der Waals surface area contributed by atoms with Gasteiger partial charge < -0.3 is 4.90 Å². The Morgan fingerprint density at radius 2 is 1.33 bits per heavy atom. The third-order valence-electron chi connectivity index (χ3n) is 8.42. The van der Waals surface area contributed by atoms with Gasteiger partial charge in [0.2, 0.25) is 0 Å². The lowest BCUT2D eigenvalue weighted by Crippen LogP contribution is -2.32. The maximum absolute atomic E-state index is 12.9. The summed E-state index contributed by atoms with van der Waals surface area (Å²) in [6.07, 6.45) is -1.81. The van der Waals surface area contributed by atoms with Gasteiger partial charge in [-0.05, 0) is 81.0 Å². The largest absolute Gasteiger partial charge is 0.416 e. The minimum atomic E-state index is -4.23. The van der Waals surface area contributed by atoms with Crippen LogP contribution in [0.4, 0.5) is 17.6 Å². The maximum Gasteiger partial charge on any atom is 0.416 e. The Hall–Kier alpha value is -1.92. The molecule has 0 radical (unpaired) electrons. The number of hydrogen-bond donors (Lipinski definition) is 0. The van der Waals surface area contributed by atoms with E-state index < -0.39 is 11.7 Å². The Labute approximate surface area is 193 Å². The SMILES string of the molecule is CC(C)N1CC2CC2(c2ccc(F)cc2)C1.CN1CC2CC2(c2ccc(C(F)(F)F)cc2)C1. The summed E-state index contributed by atoms with van der Waals surface area (Å²) in [5, 5.41) is 0. The Morgan fingerprint density at radius 3 is 1.79 bits per heavy atom. The standard InChI is InChI=1S/C14H18FN.C13H14F3N/c1-10(2)16-8-12-7-14(12,9-16)11-3-5-13(15)6-4-11;1-17-7-11-6-12(11,8-17)9-2-4-10(5-3-9)13(14,15)16/h3-6,10,12H,7-9H2,1-2H3;2-5,11H,6-8H2,1H3. The molecule has 2 heterocycles. The molecule has 2 saturated heterocycles. The average molecular weight is 461 g/mol. The minimum absolute atomic E-state index is 0.129. The van der Waals surface area contributed by atoms with Crippen molar-refractivity contribution >= 4 is 0 Å². The number of alkyl halides is 3. The van der Waals surface area contributed by atoms with Crippen LogP contribution in [0.1, 0.15) is 43.4 Å². The third-order valence-corrected chi connectivity index (χ3v) is 8.42. The Bertz CT molecular complexity index is 1000. The fourth-order valence-corrected chi connectivity index (χ4v) is 6.32. The molecule has 6 rings (SSSR count). The second-order valence-corrected chi connectivity index (χ2v) is 10.9. The molecule has 0 amide bonds. The fourth-order valence-electron chi connectivity index (χ4n) is 6.32. The molecule has 2 nitrogen and oxygen atoms in total. The highest BCUT2D eigenvalue weighted by Crippen LogP contribution is 2.59. The van der Waals surface area contributed by atoms with E-state index in [0.717, 1.165) is 37.5 Å². The third kappa shape index (κ3) is 4.10. The predicted octanol–water partition coefficient (Wildman–Crippen LogP) is 5.72. The first kappa shape index (κ1) is 22.9. The first-order valence-corrected chi connectivity index (χ1v) is 11.9. The lowest BCUT2D eigenvalue weighted by molar-refractivity contribution is -0.137. The van der Waals surface area contributed by atoms with E-state index in [1.54, 1.807) is 24.3 Å². The number of rotatable bonds is 3. The average Bonchev–Trinajstić information content (AvgIpc) is 3.56. The summed E-state index contributed by atoms with van der Waals surface area (Å²) in [7, 11) is 2.07. The van der Waals surface area contributed by atoms with E-state index >= 15 is 0 Å². The quantitative estimate of drug-likeness (QED) is 0.541. The van der Waals surface area contributed by atoms with E-state index in [-0.39, 0.29) is 11.2 Å². The normalized spacial score (nSPS) is 32.8. The van der Waals surface area contributed by atoms with Gasteiger partial charge in [-0.15, -0.1) is 0 Å². The van der Waals surface area contributed by atoms with Crippen molar-refractivity contribution in [2.45, 2.75) is 49.7 Å². The Morgan fingerprint density at radius 1 is 0.818 bits per heavy atom. The summed E-state index contributed by atoms with van der Waals surface area (Å²) in [6, 6.07) is 13.5. The number of piperidine rings is 2. The van der Waals surface area contributed by atoms with Gasteiger partial charge in [0.25, 0.3) is 0 Å². The van der Waals surface area contributed by atoms with Gasteiger partial charge in [0.05, 0.1) is 5.56 Å². The molecule has 2 aliphatic heterocycles. The van der Waals surface area contributed by atoms with Gasteiger partial charge in [0, 0.05) is 43.1 Å². The second kappa shape index (κ2) is 7.81. The lowest BCUT2D eigenvalue weighted by Gasteiger charge is -2.24.